The van der Waals surface area contributed by atoms with Gasteiger partial charge in [0.1, 0.15) is 0 Å². The Morgan fingerprint density at radius 3 is 1.64 bits per heavy atom. The average Bonchev–Trinajstić information content (AvgIpc) is 2.49. The summed E-state index contributed by atoms with van der Waals surface area (Å²) in [5.41, 5.74) is -0.113. The van der Waals surface area contributed by atoms with Gasteiger partial charge < -0.3 is 9.53 Å². The van der Waals surface area contributed by atoms with E-state index in [1.165, 1.54) is 0 Å². The van der Waals surface area contributed by atoms with Crippen LogP contribution in [-0.2, 0) is 14.8 Å². The van der Waals surface area contributed by atoms with E-state index < -0.39 is 21.3 Å². The van der Waals surface area contributed by atoms with Crippen LogP contribution in [0.25, 0.3) is 0 Å². The standard InChI is InChI=1S/C18H22O3Si/c1-17(2,3)22-21-18(16(19)20,14-10-6-4-7-11-14)15-12-8-5-9-13-15/h4-13H,22H2,1-3H3,(H,19,20). The van der Waals surface area contributed by atoms with Gasteiger partial charge in [0.2, 0.25) is 5.60 Å². The molecule has 0 radical (unpaired) electrons. The minimum absolute atomic E-state index is 0.00423. The van der Waals surface area contributed by atoms with Crippen molar-refractivity contribution in [3.05, 3.63) is 71.8 Å². The largest absolute Gasteiger partial charge is 0.479 e. The quantitative estimate of drug-likeness (QED) is 0.861. The fourth-order valence-corrected chi connectivity index (χ4v) is 3.42. The van der Waals surface area contributed by atoms with Crippen molar-refractivity contribution in [2.24, 2.45) is 0 Å². The topological polar surface area (TPSA) is 46.5 Å². The first-order chi connectivity index (χ1) is 10.4. The molecule has 0 amide bonds. The van der Waals surface area contributed by atoms with E-state index >= 15 is 0 Å². The fourth-order valence-electron chi connectivity index (χ4n) is 2.31. The van der Waals surface area contributed by atoms with Crippen LogP contribution in [0.15, 0.2) is 60.7 Å². The molecule has 0 unspecified atom stereocenters. The summed E-state index contributed by atoms with van der Waals surface area (Å²) in [6.07, 6.45) is 0. The molecule has 0 aromatic heterocycles. The molecule has 0 bridgehead atoms. The second-order valence-corrected chi connectivity index (χ2v) is 9.27. The molecule has 4 heteroatoms. The Hall–Kier alpha value is -1.91. The molecule has 2 aromatic carbocycles. The highest BCUT2D eigenvalue weighted by Crippen LogP contribution is 2.36. The highest BCUT2D eigenvalue weighted by molar-refractivity contribution is 6.32. The minimum atomic E-state index is -1.43. The van der Waals surface area contributed by atoms with Gasteiger partial charge in [-0.2, -0.15) is 0 Å². The Morgan fingerprint density at radius 1 is 0.909 bits per heavy atom. The number of aliphatic carboxylic acids is 1. The molecule has 0 aliphatic rings. The third-order valence-corrected chi connectivity index (χ3v) is 4.83. The second kappa shape index (κ2) is 6.46. The van der Waals surface area contributed by atoms with Crippen LogP contribution in [0.5, 0.6) is 0 Å². The van der Waals surface area contributed by atoms with Gasteiger partial charge in [0.15, 0.2) is 9.76 Å². The molecule has 0 fully saturated rings. The van der Waals surface area contributed by atoms with E-state index in [0.29, 0.717) is 11.1 Å². The second-order valence-electron chi connectivity index (χ2n) is 6.57. The molecule has 2 aromatic rings. The molecule has 2 rings (SSSR count). The third-order valence-electron chi connectivity index (χ3n) is 3.38. The highest BCUT2D eigenvalue weighted by Gasteiger charge is 2.44. The van der Waals surface area contributed by atoms with E-state index in [0.717, 1.165) is 0 Å². The van der Waals surface area contributed by atoms with Crippen LogP contribution >= 0.6 is 0 Å². The van der Waals surface area contributed by atoms with Gasteiger partial charge in [-0.15, -0.1) is 0 Å². The minimum Gasteiger partial charge on any atom is -0.479 e. The first kappa shape index (κ1) is 16.5. The summed E-state index contributed by atoms with van der Waals surface area (Å²) < 4.78 is 6.17. The number of hydrogen-bond acceptors (Lipinski definition) is 2. The van der Waals surface area contributed by atoms with Crippen LogP contribution in [0, 0.1) is 0 Å². The highest BCUT2D eigenvalue weighted by atomic mass is 28.2. The van der Waals surface area contributed by atoms with Gasteiger partial charge in [-0.3, -0.25) is 0 Å². The number of carbonyl (C=O) groups is 1. The van der Waals surface area contributed by atoms with Crippen LogP contribution < -0.4 is 0 Å². The lowest BCUT2D eigenvalue weighted by Crippen LogP contribution is -2.42. The number of benzene rings is 2. The number of rotatable bonds is 5. The van der Waals surface area contributed by atoms with Gasteiger partial charge in [0, 0.05) is 0 Å². The maximum Gasteiger partial charge on any atom is 0.344 e. The average molecular weight is 314 g/mol. The van der Waals surface area contributed by atoms with Crippen molar-refractivity contribution in [2.45, 2.75) is 31.4 Å². The summed E-state index contributed by atoms with van der Waals surface area (Å²) in [7, 11) is -1.07. The van der Waals surface area contributed by atoms with Crippen molar-refractivity contribution < 1.29 is 14.3 Å². The van der Waals surface area contributed by atoms with Gasteiger partial charge in [-0.25, -0.2) is 4.79 Å². The van der Waals surface area contributed by atoms with Gasteiger partial charge in [-0.05, 0) is 16.2 Å². The van der Waals surface area contributed by atoms with Crippen molar-refractivity contribution in [2.75, 3.05) is 0 Å². The van der Waals surface area contributed by atoms with E-state index in [4.69, 9.17) is 4.43 Å². The number of carboxylic acids is 1. The molecule has 0 saturated heterocycles. The van der Waals surface area contributed by atoms with E-state index in [1.807, 2.05) is 60.7 Å². The first-order valence-corrected chi connectivity index (χ1v) is 8.63. The molecule has 22 heavy (non-hydrogen) atoms. The van der Waals surface area contributed by atoms with E-state index in [-0.39, 0.29) is 5.04 Å². The number of carboxylic acid groups (broad SMARTS) is 1. The van der Waals surface area contributed by atoms with E-state index in [1.54, 1.807) is 0 Å². The lowest BCUT2D eigenvalue weighted by Gasteiger charge is -2.34. The van der Waals surface area contributed by atoms with E-state index in [9.17, 15) is 9.90 Å². The van der Waals surface area contributed by atoms with Crippen LogP contribution in [0.4, 0.5) is 0 Å². The summed E-state index contributed by atoms with van der Waals surface area (Å²) in [5, 5.41) is 10.0. The molecule has 0 spiro atoms. The Morgan fingerprint density at radius 2 is 1.32 bits per heavy atom. The smallest absolute Gasteiger partial charge is 0.344 e. The summed E-state index contributed by atoms with van der Waals surface area (Å²) >= 11 is 0. The monoisotopic (exact) mass is 314 g/mol. The Bertz CT molecular complexity index is 578. The van der Waals surface area contributed by atoms with Gasteiger partial charge >= 0.3 is 5.97 Å². The molecule has 0 aliphatic heterocycles. The van der Waals surface area contributed by atoms with Crippen molar-refractivity contribution in [3.63, 3.8) is 0 Å². The predicted molar refractivity (Wildman–Crippen MR) is 90.6 cm³/mol. The molecule has 3 nitrogen and oxygen atoms in total. The zero-order valence-electron chi connectivity index (χ0n) is 13.2. The predicted octanol–water partition coefficient (Wildman–Crippen LogP) is 3.33. The summed E-state index contributed by atoms with van der Waals surface area (Å²) in [4.78, 5) is 12.2. The first-order valence-electron chi connectivity index (χ1n) is 7.35. The molecular weight excluding hydrogens is 292 g/mol. The Kier molecular flexibility index (Phi) is 4.83. The normalized spacial score (nSPS) is 12.7. The molecule has 0 saturated carbocycles. The Labute approximate surface area is 133 Å². The summed E-state index contributed by atoms with van der Waals surface area (Å²) in [5.74, 6) is -0.971. The molecular formula is C18H22O3Si. The molecule has 0 atom stereocenters. The van der Waals surface area contributed by atoms with Crippen molar-refractivity contribution >= 4 is 15.7 Å². The molecule has 1 N–H and O–H groups in total. The van der Waals surface area contributed by atoms with Crippen LogP contribution in [-0.4, -0.2) is 20.8 Å². The zero-order chi connectivity index (χ0) is 16.2. The van der Waals surface area contributed by atoms with Crippen molar-refractivity contribution in [3.8, 4) is 0 Å². The lowest BCUT2D eigenvalue weighted by atomic mass is 9.86. The number of hydrogen-bond donors (Lipinski definition) is 1. The maximum atomic E-state index is 12.2. The SMILES string of the molecule is CC(C)(C)[SiH2]OC(C(=O)O)(c1ccccc1)c1ccccc1. The zero-order valence-corrected chi connectivity index (χ0v) is 14.7. The summed E-state index contributed by atoms with van der Waals surface area (Å²) in [6, 6.07) is 18.4. The molecule has 0 heterocycles. The van der Waals surface area contributed by atoms with Gasteiger partial charge in [-0.1, -0.05) is 81.4 Å². The maximum absolute atomic E-state index is 12.2. The summed E-state index contributed by atoms with van der Waals surface area (Å²) in [6.45, 7) is 6.26. The third kappa shape index (κ3) is 3.46. The molecule has 0 aliphatic carbocycles. The van der Waals surface area contributed by atoms with Crippen LogP contribution in [0.1, 0.15) is 31.9 Å². The van der Waals surface area contributed by atoms with Crippen LogP contribution in [0.2, 0.25) is 5.04 Å². The van der Waals surface area contributed by atoms with Crippen molar-refractivity contribution in [1.29, 1.82) is 0 Å². The Balaban J connectivity index is 2.58. The van der Waals surface area contributed by atoms with E-state index in [2.05, 4.69) is 20.8 Å². The van der Waals surface area contributed by atoms with Gasteiger partial charge in [0.25, 0.3) is 0 Å². The fraction of sp³-hybridized carbons (Fsp3) is 0.278. The van der Waals surface area contributed by atoms with Crippen molar-refractivity contribution in [1.82, 2.24) is 0 Å². The lowest BCUT2D eigenvalue weighted by molar-refractivity contribution is -0.152. The van der Waals surface area contributed by atoms with Crippen LogP contribution in [0.3, 0.4) is 0 Å². The van der Waals surface area contributed by atoms with Gasteiger partial charge in [0.05, 0.1) is 0 Å². The molecule has 116 valence electrons.